The number of phenols is 1. The molecule has 0 amide bonds. The predicted octanol–water partition coefficient (Wildman–Crippen LogP) is 1.73. The standard InChI is InChI=1S/C13H17N3O/c1-16(8-2-6-14)13-12-9-11(17)4-3-10(12)5-7-15-13/h3-5,7,9,17H,2,6,8,14H2,1H3. The van der Waals surface area contributed by atoms with E-state index in [1.807, 2.05) is 19.2 Å². The van der Waals surface area contributed by atoms with E-state index in [-0.39, 0.29) is 5.75 Å². The molecule has 1 aromatic heterocycles. The van der Waals surface area contributed by atoms with Crippen LogP contribution in [0.1, 0.15) is 6.42 Å². The largest absolute Gasteiger partial charge is 0.508 e. The first-order valence-electron chi connectivity index (χ1n) is 5.71. The SMILES string of the molecule is CN(CCCN)c1nccc2ccc(O)cc12. The lowest BCUT2D eigenvalue weighted by molar-refractivity contribution is 0.476. The number of benzene rings is 1. The molecule has 0 atom stereocenters. The van der Waals surface area contributed by atoms with Gasteiger partial charge in [-0.05, 0) is 36.6 Å². The first kappa shape index (κ1) is 11.7. The van der Waals surface area contributed by atoms with Crippen LogP contribution in [0, 0.1) is 0 Å². The zero-order valence-corrected chi connectivity index (χ0v) is 9.93. The zero-order valence-electron chi connectivity index (χ0n) is 9.93. The second-order valence-corrected chi connectivity index (χ2v) is 4.10. The third-order valence-electron chi connectivity index (χ3n) is 2.79. The summed E-state index contributed by atoms with van der Waals surface area (Å²) in [5.41, 5.74) is 5.50. The Bertz CT molecular complexity index is 513. The molecular weight excluding hydrogens is 214 g/mol. The average Bonchev–Trinajstić information content (AvgIpc) is 2.35. The average molecular weight is 231 g/mol. The zero-order chi connectivity index (χ0) is 12.3. The molecule has 4 heteroatoms. The minimum atomic E-state index is 0.263. The van der Waals surface area contributed by atoms with Gasteiger partial charge < -0.3 is 15.7 Å². The Kier molecular flexibility index (Phi) is 3.44. The van der Waals surface area contributed by atoms with E-state index in [0.717, 1.165) is 29.6 Å². The van der Waals surface area contributed by atoms with Crippen LogP contribution in [0.5, 0.6) is 5.75 Å². The highest BCUT2D eigenvalue weighted by atomic mass is 16.3. The maximum atomic E-state index is 9.55. The van der Waals surface area contributed by atoms with Gasteiger partial charge in [-0.3, -0.25) is 0 Å². The maximum Gasteiger partial charge on any atom is 0.136 e. The second-order valence-electron chi connectivity index (χ2n) is 4.10. The van der Waals surface area contributed by atoms with Crippen molar-refractivity contribution in [1.82, 2.24) is 4.98 Å². The molecule has 4 nitrogen and oxygen atoms in total. The van der Waals surface area contributed by atoms with E-state index in [1.54, 1.807) is 18.3 Å². The van der Waals surface area contributed by atoms with Crippen LogP contribution in [0.25, 0.3) is 10.8 Å². The van der Waals surface area contributed by atoms with Crippen LogP contribution >= 0.6 is 0 Å². The van der Waals surface area contributed by atoms with Gasteiger partial charge in [-0.2, -0.15) is 0 Å². The second kappa shape index (κ2) is 5.01. The Balaban J connectivity index is 2.42. The number of hydrogen-bond acceptors (Lipinski definition) is 4. The van der Waals surface area contributed by atoms with Crippen LogP contribution in [0.15, 0.2) is 30.5 Å². The van der Waals surface area contributed by atoms with E-state index in [9.17, 15) is 5.11 Å². The van der Waals surface area contributed by atoms with Crippen LogP contribution in [-0.4, -0.2) is 30.2 Å². The van der Waals surface area contributed by atoms with Crippen molar-refractivity contribution in [3.05, 3.63) is 30.5 Å². The summed E-state index contributed by atoms with van der Waals surface area (Å²) < 4.78 is 0. The minimum absolute atomic E-state index is 0.263. The van der Waals surface area contributed by atoms with Crippen molar-refractivity contribution in [3.8, 4) is 5.75 Å². The van der Waals surface area contributed by atoms with Crippen molar-refractivity contribution < 1.29 is 5.11 Å². The third-order valence-corrected chi connectivity index (χ3v) is 2.79. The van der Waals surface area contributed by atoms with Crippen molar-refractivity contribution in [3.63, 3.8) is 0 Å². The summed E-state index contributed by atoms with van der Waals surface area (Å²) in [5.74, 6) is 1.14. The molecule has 0 aliphatic carbocycles. The van der Waals surface area contributed by atoms with Crippen molar-refractivity contribution in [2.45, 2.75) is 6.42 Å². The summed E-state index contributed by atoms with van der Waals surface area (Å²) in [6, 6.07) is 7.27. The Morgan fingerprint density at radius 1 is 1.35 bits per heavy atom. The first-order chi connectivity index (χ1) is 8.22. The monoisotopic (exact) mass is 231 g/mol. The van der Waals surface area contributed by atoms with Crippen molar-refractivity contribution in [2.24, 2.45) is 5.73 Å². The number of aromatic nitrogens is 1. The number of anilines is 1. The summed E-state index contributed by atoms with van der Waals surface area (Å²) in [7, 11) is 1.99. The number of pyridine rings is 1. The van der Waals surface area contributed by atoms with Gasteiger partial charge in [0.1, 0.15) is 11.6 Å². The molecule has 0 saturated carbocycles. The highest BCUT2D eigenvalue weighted by Gasteiger charge is 2.07. The van der Waals surface area contributed by atoms with Gasteiger partial charge in [0.05, 0.1) is 0 Å². The highest BCUT2D eigenvalue weighted by Crippen LogP contribution is 2.26. The number of nitrogens with two attached hydrogens (primary N) is 1. The van der Waals surface area contributed by atoms with Crippen molar-refractivity contribution >= 4 is 16.6 Å². The molecule has 2 rings (SSSR count). The van der Waals surface area contributed by atoms with Gasteiger partial charge in [0.15, 0.2) is 0 Å². The topological polar surface area (TPSA) is 62.4 Å². The van der Waals surface area contributed by atoms with Gasteiger partial charge in [0, 0.05) is 25.2 Å². The molecule has 3 N–H and O–H groups in total. The van der Waals surface area contributed by atoms with Gasteiger partial charge in [0.25, 0.3) is 0 Å². The molecule has 0 spiro atoms. The summed E-state index contributed by atoms with van der Waals surface area (Å²) in [6.07, 6.45) is 2.71. The minimum Gasteiger partial charge on any atom is -0.508 e. The molecule has 0 radical (unpaired) electrons. The quantitative estimate of drug-likeness (QED) is 0.841. The smallest absolute Gasteiger partial charge is 0.136 e. The molecule has 0 bridgehead atoms. The molecule has 0 aliphatic rings. The Morgan fingerprint density at radius 3 is 2.94 bits per heavy atom. The van der Waals surface area contributed by atoms with Crippen LogP contribution in [-0.2, 0) is 0 Å². The van der Waals surface area contributed by atoms with E-state index in [4.69, 9.17) is 5.73 Å². The summed E-state index contributed by atoms with van der Waals surface area (Å²) in [5, 5.41) is 11.6. The van der Waals surface area contributed by atoms with E-state index in [2.05, 4.69) is 9.88 Å². The Hall–Kier alpha value is -1.81. The third kappa shape index (κ3) is 2.47. The molecular formula is C13H17N3O. The van der Waals surface area contributed by atoms with E-state index in [1.165, 1.54) is 0 Å². The fourth-order valence-corrected chi connectivity index (χ4v) is 1.88. The Morgan fingerprint density at radius 2 is 2.18 bits per heavy atom. The normalized spacial score (nSPS) is 10.7. The van der Waals surface area contributed by atoms with Gasteiger partial charge in [0.2, 0.25) is 0 Å². The van der Waals surface area contributed by atoms with Crippen LogP contribution in [0.3, 0.4) is 0 Å². The van der Waals surface area contributed by atoms with Gasteiger partial charge in [-0.25, -0.2) is 4.98 Å². The van der Waals surface area contributed by atoms with Crippen LogP contribution < -0.4 is 10.6 Å². The highest BCUT2D eigenvalue weighted by molar-refractivity contribution is 5.93. The number of rotatable bonds is 4. The lowest BCUT2D eigenvalue weighted by atomic mass is 10.1. The van der Waals surface area contributed by atoms with Crippen LogP contribution in [0.4, 0.5) is 5.82 Å². The van der Waals surface area contributed by atoms with E-state index >= 15 is 0 Å². The molecule has 90 valence electrons. The van der Waals surface area contributed by atoms with Gasteiger partial charge in [-0.1, -0.05) is 6.07 Å². The van der Waals surface area contributed by atoms with Crippen molar-refractivity contribution in [1.29, 1.82) is 0 Å². The number of fused-ring (bicyclic) bond motifs is 1. The fourth-order valence-electron chi connectivity index (χ4n) is 1.88. The Labute approximate surface area is 101 Å². The summed E-state index contributed by atoms with van der Waals surface area (Å²) >= 11 is 0. The van der Waals surface area contributed by atoms with Crippen LogP contribution in [0.2, 0.25) is 0 Å². The molecule has 1 heterocycles. The molecule has 2 aromatic rings. The number of phenolic OH excluding ortho intramolecular Hbond substituents is 1. The predicted molar refractivity (Wildman–Crippen MR) is 70.3 cm³/mol. The molecule has 17 heavy (non-hydrogen) atoms. The maximum absolute atomic E-state index is 9.55. The number of nitrogens with zero attached hydrogens (tertiary/aromatic N) is 2. The lowest BCUT2D eigenvalue weighted by Gasteiger charge is -2.19. The molecule has 0 unspecified atom stereocenters. The fraction of sp³-hybridized carbons (Fsp3) is 0.308. The van der Waals surface area contributed by atoms with Gasteiger partial charge >= 0.3 is 0 Å². The number of aromatic hydroxyl groups is 1. The number of hydrogen-bond donors (Lipinski definition) is 2. The molecule has 0 saturated heterocycles. The summed E-state index contributed by atoms with van der Waals surface area (Å²) in [4.78, 5) is 6.44. The lowest BCUT2D eigenvalue weighted by Crippen LogP contribution is -2.22. The van der Waals surface area contributed by atoms with Crippen molar-refractivity contribution in [2.75, 3.05) is 25.0 Å². The van der Waals surface area contributed by atoms with E-state index in [0.29, 0.717) is 6.54 Å². The van der Waals surface area contributed by atoms with Gasteiger partial charge in [-0.15, -0.1) is 0 Å². The molecule has 0 aliphatic heterocycles. The molecule has 1 aromatic carbocycles. The molecule has 0 fully saturated rings. The summed E-state index contributed by atoms with van der Waals surface area (Å²) in [6.45, 7) is 1.53. The van der Waals surface area contributed by atoms with E-state index < -0.39 is 0 Å². The first-order valence-corrected chi connectivity index (χ1v) is 5.71.